The van der Waals surface area contributed by atoms with Crippen LogP contribution in [0.1, 0.15) is 5.56 Å². The first kappa shape index (κ1) is 20.9. The van der Waals surface area contributed by atoms with E-state index in [-0.39, 0.29) is 11.4 Å². The van der Waals surface area contributed by atoms with Crippen LogP contribution >= 0.6 is 0 Å². The van der Waals surface area contributed by atoms with Crippen LogP contribution in [0.3, 0.4) is 0 Å². The normalized spacial score (nSPS) is 12.5. The summed E-state index contributed by atoms with van der Waals surface area (Å²) in [5.41, 5.74) is 0.246. The third-order valence-corrected chi connectivity index (χ3v) is 3.30. The Balaban J connectivity index is 3.12. The molecular weight excluding hydrogens is 352 g/mol. The molecule has 2 unspecified atom stereocenters. The van der Waals surface area contributed by atoms with Gasteiger partial charge in [0.1, 0.15) is 0 Å². The number of ketones is 2. The second-order valence-electron chi connectivity index (χ2n) is 4.97. The van der Waals surface area contributed by atoms with Crippen molar-refractivity contribution in [2.24, 2.45) is 5.92 Å². The number of carbonyl (C=O) groups is 5. The molecule has 2 atom stereocenters. The lowest BCUT2D eigenvalue weighted by atomic mass is 9.98. The zero-order valence-corrected chi connectivity index (χ0v) is 14.0. The number of anilines is 1. The summed E-state index contributed by atoms with van der Waals surface area (Å²) in [6, 6.07) is 3.77. The maximum Gasteiger partial charge on any atom is 0.375 e. The quantitative estimate of drug-likeness (QED) is 0.223. The fourth-order valence-corrected chi connectivity index (χ4v) is 1.87. The van der Waals surface area contributed by atoms with Gasteiger partial charge in [-0.3, -0.25) is 19.2 Å². The number of amides is 1. The smallest absolute Gasteiger partial charge is 0.375 e. The Morgan fingerprint density at radius 1 is 1.12 bits per heavy atom. The zero-order valence-electron chi connectivity index (χ0n) is 14.0. The van der Waals surface area contributed by atoms with Gasteiger partial charge in [-0.05, 0) is 12.5 Å². The molecule has 11 heteroatoms. The monoisotopic (exact) mass is 368 g/mol. The molecule has 0 fully saturated rings. The van der Waals surface area contributed by atoms with E-state index in [1.807, 2.05) is 0 Å². The van der Waals surface area contributed by atoms with Gasteiger partial charge >= 0.3 is 11.9 Å². The van der Waals surface area contributed by atoms with E-state index < -0.39 is 40.6 Å². The predicted molar refractivity (Wildman–Crippen MR) is 83.1 cm³/mol. The summed E-state index contributed by atoms with van der Waals surface area (Å²) >= 11 is 0. The van der Waals surface area contributed by atoms with Gasteiger partial charge in [0.2, 0.25) is 5.78 Å². The van der Waals surface area contributed by atoms with Crippen LogP contribution in [0.5, 0.6) is 0 Å². The first-order valence-corrected chi connectivity index (χ1v) is 7.03. The van der Waals surface area contributed by atoms with Gasteiger partial charge in [0.15, 0.2) is 11.6 Å². The number of hydrogen-bond acceptors (Lipinski definition) is 9. The fourth-order valence-electron chi connectivity index (χ4n) is 1.87. The van der Waals surface area contributed by atoms with Crippen molar-refractivity contribution in [3.63, 3.8) is 0 Å². The van der Waals surface area contributed by atoms with Crippen molar-refractivity contribution in [2.75, 3.05) is 19.5 Å². The fraction of sp³-hybridized carbons (Fsp3) is 0.267. The van der Waals surface area contributed by atoms with E-state index in [0.29, 0.717) is 5.56 Å². The van der Waals surface area contributed by atoms with Gasteiger partial charge in [0, 0.05) is 12.1 Å². The molecule has 11 nitrogen and oxygen atoms in total. The molecule has 3 N–H and O–H groups in total. The van der Waals surface area contributed by atoms with E-state index >= 15 is 0 Å². The molecule has 0 radical (unpaired) electrons. The van der Waals surface area contributed by atoms with Crippen LogP contribution in [0.25, 0.3) is 0 Å². The summed E-state index contributed by atoms with van der Waals surface area (Å²) in [6.07, 6.45) is 0. The Bertz CT molecular complexity index is 757. The van der Waals surface area contributed by atoms with Crippen molar-refractivity contribution >= 4 is 40.8 Å². The molecule has 0 aliphatic carbocycles. The second kappa shape index (κ2) is 8.80. The van der Waals surface area contributed by atoms with Crippen molar-refractivity contribution in [2.45, 2.75) is 6.92 Å². The lowest BCUT2D eigenvalue weighted by Gasteiger charge is -2.15. The number of nitrogens with one attached hydrogen (secondary N) is 2. The number of benzene rings is 1. The van der Waals surface area contributed by atoms with E-state index in [0.717, 1.165) is 20.3 Å². The number of esters is 2. The van der Waals surface area contributed by atoms with Crippen molar-refractivity contribution < 1.29 is 43.9 Å². The summed E-state index contributed by atoms with van der Waals surface area (Å²) in [5.74, 6) is -9.73. The standard InChI is InChI=1S/C15H16N2O9/c1-7-4-5-8(17(23)24)6-9(7)16-13(20)11(18)10(14(21)25-2)12(19)15(22)26-3/h4-6,10,17,23H,1-3H3,(H,16,20). The highest BCUT2D eigenvalue weighted by molar-refractivity contribution is 6.54. The van der Waals surface area contributed by atoms with Crippen molar-refractivity contribution in [3.05, 3.63) is 29.0 Å². The summed E-state index contributed by atoms with van der Waals surface area (Å²) in [5, 5.41) is 20.8. The van der Waals surface area contributed by atoms with Gasteiger partial charge in [0.05, 0.1) is 19.9 Å². The van der Waals surface area contributed by atoms with Crippen LogP contribution in [-0.4, -0.2) is 48.8 Å². The van der Waals surface area contributed by atoms with Crippen LogP contribution in [0.2, 0.25) is 0 Å². The van der Waals surface area contributed by atoms with Crippen molar-refractivity contribution in [1.82, 2.24) is 0 Å². The largest absolute Gasteiger partial charge is 0.595 e. The topological polar surface area (TPSA) is 164 Å². The highest BCUT2D eigenvalue weighted by atomic mass is 16.8. The highest BCUT2D eigenvalue weighted by Gasteiger charge is 2.42. The molecule has 1 rings (SSSR count). The number of quaternary nitrogens is 1. The van der Waals surface area contributed by atoms with E-state index in [1.54, 1.807) is 0 Å². The Kier molecular flexibility index (Phi) is 7.07. The van der Waals surface area contributed by atoms with Crippen LogP contribution in [-0.2, 0) is 33.4 Å². The van der Waals surface area contributed by atoms with E-state index in [2.05, 4.69) is 14.8 Å². The van der Waals surface area contributed by atoms with Crippen LogP contribution in [0.4, 0.5) is 11.4 Å². The molecule has 140 valence electrons. The molecule has 0 heterocycles. The van der Waals surface area contributed by atoms with Gasteiger partial charge < -0.3 is 20.0 Å². The first-order valence-electron chi connectivity index (χ1n) is 7.03. The molecule has 0 aliphatic rings. The molecule has 26 heavy (non-hydrogen) atoms. The van der Waals surface area contributed by atoms with E-state index in [9.17, 15) is 29.2 Å². The number of hydrogen-bond donors (Lipinski definition) is 3. The van der Waals surface area contributed by atoms with Gasteiger partial charge in [-0.25, -0.2) is 10.0 Å². The molecule has 1 amide bonds. The highest BCUT2D eigenvalue weighted by Crippen LogP contribution is 2.18. The lowest BCUT2D eigenvalue weighted by Crippen LogP contribution is -2.99. The molecular formula is C15H16N2O9. The van der Waals surface area contributed by atoms with Crippen molar-refractivity contribution in [1.29, 1.82) is 0 Å². The summed E-state index contributed by atoms with van der Waals surface area (Å²) < 4.78 is 8.43. The van der Waals surface area contributed by atoms with Crippen molar-refractivity contribution in [3.8, 4) is 0 Å². The Morgan fingerprint density at radius 2 is 1.73 bits per heavy atom. The minimum Gasteiger partial charge on any atom is -0.595 e. The summed E-state index contributed by atoms with van der Waals surface area (Å²) in [6.45, 7) is 1.53. The Hall–Kier alpha value is -3.15. The maximum atomic E-state index is 12.2. The summed E-state index contributed by atoms with van der Waals surface area (Å²) in [4.78, 5) is 59.1. The molecule has 0 aromatic heterocycles. The predicted octanol–water partition coefficient (Wildman–Crippen LogP) is -1.56. The van der Waals surface area contributed by atoms with Gasteiger partial charge in [-0.2, -0.15) is 5.23 Å². The zero-order chi connectivity index (χ0) is 20.0. The minimum absolute atomic E-state index is 0.0163. The number of aryl methyl sites for hydroxylation is 1. The van der Waals surface area contributed by atoms with Crippen LogP contribution in [0.15, 0.2) is 18.2 Å². The number of methoxy groups -OCH3 is 2. The average Bonchev–Trinajstić information content (AvgIpc) is 2.61. The lowest BCUT2D eigenvalue weighted by molar-refractivity contribution is -0.991. The second-order valence-corrected chi connectivity index (χ2v) is 4.97. The number of ether oxygens (including phenoxy) is 2. The summed E-state index contributed by atoms with van der Waals surface area (Å²) in [7, 11) is 1.73. The number of Topliss-reactive ketones (excluding diaryl/α,β-unsaturated/α-hetero) is 2. The molecule has 0 aliphatic heterocycles. The van der Waals surface area contributed by atoms with Gasteiger partial charge in [-0.15, -0.1) is 0 Å². The molecule has 1 aromatic carbocycles. The minimum atomic E-state index is -2.32. The molecule has 1 aromatic rings. The Morgan fingerprint density at radius 3 is 2.23 bits per heavy atom. The molecule has 0 saturated heterocycles. The first-order chi connectivity index (χ1) is 12.1. The average molecular weight is 368 g/mol. The van der Waals surface area contributed by atoms with Gasteiger partial charge in [-0.1, -0.05) is 6.07 Å². The van der Waals surface area contributed by atoms with Gasteiger partial charge in [0.25, 0.3) is 11.7 Å². The molecule has 0 spiro atoms. The molecule has 0 saturated carbocycles. The third-order valence-electron chi connectivity index (χ3n) is 3.30. The SMILES string of the molecule is COC(=O)C(=O)C(C(=O)OC)C(=O)C(=O)Nc1cc([NH+]([O-])O)ccc1C. The van der Waals surface area contributed by atoms with E-state index in [4.69, 9.17) is 5.21 Å². The maximum absolute atomic E-state index is 12.2. The number of rotatable bonds is 7. The van der Waals surface area contributed by atoms with Crippen LogP contribution < -0.4 is 10.5 Å². The number of carbonyl (C=O) groups excluding carboxylic acids is 5. The van der Waals surface area contributed by atoms with Crippen LogP contribution in [0, 0.1) is 18.0 Å². The Labute approximate surface area is 147 Å². The van der Waals surface area contributed by atoms with E-state index in [1.165, 1.54) is 19.1 Å². The third kappa shape index (κ3) is 4.69. The molecule has 0 bridgehead atoms.